The van der Waals surface area contributed by atoms with Crippen molar-refractivity contribution >= 4 is 17.1 Å². The highest BCUT2D eigenvalue weighted by molar-refractivity contribution is 5.86. The van der Waals surface area contributed by atoms with Crippen molar-refractivity contribution in [2.45, 2.75) is 0 Å². The highest BCUT2D eigenvalue weighted by atomic mass is 16.5. The van der Waals surface area contributed by atoms with E-state index in [-0.39, 0.29) is 0 Å². The third-order valence-corrected chi connectivity index (χ3v) is 2.94. The summed E-state index contributed by atoms with van der Waals surface area (Å²) in [6.07, 6.45) is 0. The van der Waals surface area contributed by atoms with Crippen molar-refractivity contribution in [3.05, 3.63) is 42.5 Å². The van der Waals surface area contributed by atoms with Crippen LogP contribution in [0.15, 0.2) is 42.5 Å². The number of para-hydroxylation sites is 1. The van der Waals surface area contributed by atoms with E-state index in [1.807, 2.05) is 42.5 Å². The molecule has 0 atom stereocenters. The standard InChI is InChI=1S/C15H19N3O/c1-19-9-8-18-11-6-7-15(17)13(10-11)12-4-2-3-5-14(12)16/h2-7,10,18H,8-9,16-17H2,1H3. The van der Waals surface area contributed by atoms with Gasteiger partial charge in [-0.2, -0.15) is 0 Å². The van der Waals surface area contributed by atoms with Gasteiger partial charge >= 0.3 is 0 Å². The summed E-state index contributed by atoms with van der Waals surface area (Å²) >= 11 is 0. The quantitative estimate of drug-likeness (QED) is 0.568. The molecule has 2 aromatic rings. The van der Waals surface area contributed by atoms with Crippen molar-refractivity contribution in [2.24, 2.45) is 0 Å². The maximum atomic E-state index is 6.04. The van der Waals surface area contributed by atoms with Crippen molar-refractivity contribution < 1.29 is 4.74 Å². The van der Waals surface area contributed by atoms with Crippen molar-refractivity contribution in [3.8, 4) is 11.1 Å². The van der Waals surface area contributed by atoms with Gasteiger partial charge in [0.1, 0.15) is 0 Å². The Hall–Kier alpha value is -2.20. The van der Waals surface area contributed by atoms with Gasteiger partial charge < -0.3 is 21.5 Å². The van der Waals surface area contributed by atoms with Gasteiger partial charge in [-0.05, 0) is 24.3 Å². The van der Waals surface area contributed by atoms with Gasteiger partial charge in [0, 0.05) is 41.8 Å². The number of hydrogen-bond acceptors (Lipinski definition) is 4. The molecule has 0 amide bonds. The first-order valence-electron chi connectivity index (χ1n) is 6.19. The Morgan fingerprint density at radius 3 is 2.47 bits per heavy atom. The van der Waals surface area contributed by atoms with Crippen molar-refractivity contribution in [2.75, 3.05) is 37.0 Å². The van der Waals surface area contributed by atoms with E-state index in [1.54, 1.807) is 7.11 Å². The number of ether oxygens (including phenoxy) is 1. The van der Waals surface area contributed by atoms with Crippen molar-refractivity contribution in [1.82, 2.24) is 0 Å². The summed E-state index contributed by atoms with van der Waals surface area (Å²) in [6.45, 7) is 1.41. The van der Waals surface area contributed by atoms with Gasteiger partial charge in [0.2, 0.25) is 0 Å². The summed E-state index contributed by atoms with van der Waals surface area (Å²) in [4.78, 5) is 0. The number of nitrogens with one attached hydrogen (secondary N) is 1. The van der Waals surface area contributed by atoms with Crippen molar-refractivity contribution in [3.63, 3.8) is 0 Å². The molecule has 0 aliphatic rings. The lowest BCUT2D eigenvalue weighted by atomic mass is 10.0. The van der Waals surface area contributed by atoms with Crippen LogP contribution in [0.3, 0.4) is 0 Å². The minimum atomic E-state index is 0.660. The molecule has 0 aromatic heterocycles. The van der Waals surface area contributed by atoms with E-state index in [0.717, 1.165) is 34.7 Å². The Labute approximate surface area is 113 Å². The zero-order valence-electron chi connectivity index (χ0n) is 11.0. The van der Waals surface area contributed by atoms with Gasteiger partial charge in [0.05, 0.1) is 6.61 Å². The van der Waals surface area contributed by atoms with Crippen LogP contribution in [0.2, 0.25) is 0 Å². The van der Waals surface area contributed by atoms with Crippen LogP contribution in [-0.4, -0.2) is 20.3 Å². The lowest BCUT2D eigenvalue weighted by Gasteiger charge is -2.12. The summed E-state index contributed by atoms with van der Waals surface area (Å²) in [5.74, 6) is 0. The van der Waals surface area contributed by atoms with Gasteiger partial charge in [-0.15, -0.1) is 0 Å². The molecule has 5 N–H and O–H groups in total. The maximum Gasteiger partial charge on any atom is 0.0635 e. The molecule has 0 radical (unpaired) electrons. The molecule has 0 bridgehead atoms. The smallest absolute Gasteiger partial charge is 0.0635 e. The number of anilines is 3. The van der Waals surface area contributed by atoms with Crippen LogP contribution >= 0.6 is 0 Å². The monoisotopic (exact) mass is 257 g/mol. The van der Waals surface area contributed by atoms with Gasteiger partial charge in [0.25, 0.3) is 0 Å². The molecule has 4 heteroatoms. The minimum absolute atomic E-state index is 0.660. The molecule has 19 heavy (non-hydrogen) atoms. The molecule has 0 saturated carbocycles. The number of methoxy groups -OCH3 is 1. The summed E-state index contributed by atoms with van der Waals surface area (Å²) in [7, 11) is 1.68. The second kappa shape index (κ2) is 6.11. The van der Waals surface area contributed by atoms with Crippen LogP contribution in [0, 0.1) is 0 Å². The van der Waals surface area contributed by atoms with Gasteiger partial charge in [0.15, 0.2) is 0 Å². The second-order valence-corrected chi connectivity index (χ2v) is 4.31. The number of nitrogen functional groups attached to an aromatic ring is 2. The van der Waals surface area contributed by atoms with Gasteiger partial charge in [-0.25, -0.2) is 0 Å². The normalized spacial score (nSPS) is 10.4. The third-order valence-electron chi connectivity index (χ3n) is 2.94. The van der Waals surface area contributed by atoms with E-state index < -0.39 is 0 Å². The molecular weight excluding hydrogens is 238 g/mol. The molecule has 0 fully saturated rings. The topological polar surface area (TPSA) is 73.3 Å². The predicted octanol–water partition coefficient (Wildman–Crippen LogP) is 2.58. The first kappa shape index (κ1) is 13.2. The maximum absolute atomic E-state index is 6.04. The zero-order valence-corrected chi connectivity index (χ0v) is 11.0. The molecule has 0 heterocycles. The first-order chi connectivity index (χ1) is 9.22. The predicted molar refractivity (Wildman–Crippen MR) is 81.1 cm³/mol. The van der Waals surface area contributed by atoms with Crippen LogP contribution in [0.1, 0.15) is 0 Å². The molecule has 0 aliphatic heterocycles. The Morgan fingerprint density at radius 1 is 1.00 bits per heavy atom. The highest BCUT2D eigenvalue weighted by Crippen LogP contribution is 2.32. The Morgan fingerprint density at radius 2 is 1.74 bits per heavy atom. The zero-order chi connectivity index (χ0) is 13.7. The van der Waals surface area contributed by atoms with Gasteiger partial charge in [-0.1, -0.05) is 18.2 Å². The number of nitrogens with two attached hydrogens (primary N) is 2. The summed E-state index contributed by atoms with van der Waals surface area (Å²) in [5, 5.41) is 3.28. The van der Waals surface area contributed by atoms with E-state index in [4.69, 9.17) is 16.2 Å². The Balaban J connectivity index is 2.30. The first-order valence-corrected chi connectivity index (χ1v) is 6.19. The van der Waals surface area contributed by atoms with Crippen LogP contribution < -0.4 is 16.8 Å². The van der Waals surface area contributed by atoms with Crippen LogP contribution in [0.4, 0.5) is 17.1 Å². The number of hydrogen-bond donors (Lipinski definition) is 3. The Kier molecular flexibility index (Phi) is 4.26. The molecule has 2 rings (SSSR count). The molecule has 0 spiro atoms. The van der Waals surface area contributed by atoms with E-state index >= 15 is 0 Å². The average molecular weight is 257 g/mol. The second-order valence-electron chi connectivity index (χ2n) is 4.31. The fourth-order valence-electron chi connectivity index (χ4n) is 1.94. The van der Waals surface area contributed by atoms with E-state index in [0.29, 0.717) is 6.61 Å². The third kappa shape index (κ3) is 3.17. The fourth-order valence-corrected chi connectivity index (χ4v) is 1.94. The molecule has 0 unspecified atom stereocenters. The summed E-state index contributed by atoms with van der Waals surface area (Å²) < 4.78 is 5.01. The van der Waals surface area contributed by atoms with E-state index in [2.05, 4.69) is 5.32 Å². The average Bonchev–Trinajstić information content (AvgIpc) is 2.42. The van der Waals surface area contributed by atoms with E-state index in [1.165, 1.54) is 0 Å². The van der Waals surface area contributed by atoms with Crippen LogP contribution in [0.25, 0.3) is 11.1 Å². The lowest BCUT2D eigenvalue weighted by Crippen LogP contribution is -2.07. The molecular formula is C15H19N3O. The molecule has 0 aliphatic carbocycles. The molecule has 2 aromatic carbocycles. The lowest BCUT2D eigenvalue weighted by molar-refractivity contribution is 0.211. The van der Waals surface area contributed by atoms with Crippen LogP contribution in [0.5, 0.6) is 0 Å². The van der Waals surface area contributed by atoms with Crippen LogP contribution in [-0.2, 0) is 4.74 Å². The summed E-state index contributed by atoms with van der Waals surface area (Å²) in [6, 6.07) is 13.6. The summed E-state index contributed by atoms with van der Waals surface area (Å²) in [5.41, 5.74) is 16.4. The largest absolute Gasteiger partial charge is 0.398 e. The fraction of sp³-hybridized carbons (Fsp3) is 0.200. The molecule has 100 valence electrons. The molecule has 0 saturated heterocycles. The SMILES string of the molecule is COCCNc1ccc(N)c(-c2ccccc2N)c1. The highest BCUT2D eigenvalue weighted by Gasteiger charge is 2.06. The van der Waals surface area contributed by atoms with Gasteiger partial charge in [-0.3, -0.25) is 0 Å². The number of benzene rings is 2. The molecule has 4 nitrogen and oxygen atoms in total. The van der Waals surface area contributed by atoms with E-state index in [9.17, 15) is 0 Å². The van der Waals surface area contributed by atoms with Crippen molar-refractivity contribution in [1.29, 1.82) is 0 Å². The number of rotatable bonds is 5. The minimum Gasteiger partial charge on any atom is -0.398 e. The Bertz CT molecular complexity index is 555.